The summed E-state index contributed by atoms with van der Waals surface area (Å²) in [5, 5.41) is 0. The van der Waals surface area contributed by atoms with Crippen molar-refractivity contribution in [2.24, 2.45) is 5.92 Å². The first-order valence-electron chi connectivity index (χ1n) is 2.94. The number of alkyl halides is 7. The second-order valence-corrected chi connectivity index (χ2v) is 2.27. The minimum Gasteiger partial charge on any atom is -0.260 e. The maximum absolute atomic E-state index is 12.0. The summed E-state index contributed by atoms with van der Waals surface area (Å²) in [6.07, 6.45) is -16.4. The quantitative estimate of drug-likeness (QED) is 0.526. The summed E-state index contributed by atoms with van der Waals surface area (Å²) >= 11 is 0. The second kappa shape index (κ2) is 3.70. The molecule has 0 heterocycles. The summed E-state index contributed by atoms with van der Waals surface area (Å²) in [4.78, 5) is 9.55. The highest BCUT2D eigenvalue weighted by Crippen LogP contribution is 2.38. The number of carbonyl (C=O) groups excluding carboxylic acids is 1. The predicted molar refractivity (Wildman–Crippen MR) is 26.6 cm³/mol. The largest absolute Gasteiger partial charge is 0.420 e. The normalized spacial score (nSPS) is 17.7. The van der Waals surface area contributed by atoms with Crippen LogP contribution in [0.25, 0.3) is 0 Å². The van der Waals surface area contributed by atoms with E-state index in [2.05, 4.69) is 0 Å². The molecule has 0 fully saturated rings. The lowest BCUT2D eigenvalue weighted by molar-refractivity contribution is -0.254. The van der Waals surface area contributed by atoms with E-state index in [0.717, 1.165) is 0 Å². The Labute approximate surface area is 71.7 Å². The molecule has 0 amide bonds. The highest BCUT2D eigenvalue weighted by atomic mass is 19.4. The lowest BCUT2D eigenvalue weighted by Gasteiger charge is -2.21. The van der Waals surface area contributed by atoms with Crippen LogP contribution in [-0.4, -0.2) is 24.6 Å². The van der Waals surface area contributed by atoms with Crippen LogP contribution in [0.2, 0.25) is 0 Å². The van der Waals surface area contributed by atoms with Gasteiger partial charge in [0.25, 0.3) is 0 Å². The molecule has 0 rings (SSSR count). The van der Waals surface area contributed by atoms with Crippen molar-refractivity contribution in [1.29, 1.82) is 0 Å². The fraction of sp³-hybridized carbons (Fsp3) is 0.800. The zero-order valence-corrected chi connectivity index (χ0v) is 6.09. The fourth-order valence-electron chi connectivity index (χ4n) is 0.599. The average Bonchev–Trinajstić information content (AvgIpc) is 1.79. The van der Waals surface area contributed by atoms with Crippen LogP contribution in [0.1, 0.15) is 0 Å². The van der Waals surface area contributed by atoms with Crippen LogP contribution in [-0.2, 0) is 4.79 Å². The highest BCUT2D eigenvalue weighted by molar-refractivity contribution is 5.72. The summed E-state index contributed by atoms with van der Waals surface area (Å²) in [5.41, 5.74) is 0. The van der Waals surface area contributed by atoms with Gasteiger partial charge in [-0.05, 0) is 0 Å². The Morgan fingerprint density at radius 1 is 0.929 bits per heavy atom. The lowest BCUT2D eigenvalue weighted by atomic mass is 10.0. The van der Waals surface area contributed by atoms with Crippen molar-refractivity contribution in [1.82, 2.24) is 0 Å². The van der Waals surface area contributed by atoms with Crippen LogP contribution in [0.15, 0.2) is 0 Å². The van der Waals surface area contributed by atoms with Gasteiger partial charge < -0.3 is 0 Å². The summed E-state index contributed by atoms with van der Waals surface area (Å²) in [5.74, 6) is -4.30. The van der Waals surface area contributed by atoms with Crippen LogP contribution in [0.3, 0.4) is 0 Å². The smallest absolute Gasteiger partial charge is 0.260 e. The lowest BCUT2D eigenvalue weighted by Crippen LogP contribution is -2.44. The van der Waals surface area contributed by atoms with Gasteiger partial charge in [0, 0.05) is 0 Å². The van der Waals surface area contributed by atoms with Gasteiger partial charge in [0.15, 0.2) is 5.92 Å². The Morgan fingerprint density at radius 3 is 1.36 bits per heavy atom. The number of rotatable bonds is 2. The van der Waals surface area contributed by atoms with E-state index in [1.165, 1.54) is 0 Å². The first-order valence-corrected chi connectivity index (χ1v) is 2.94. The topological polar surface area (TPSA) is 17.1 Å². The molecule has 14 heavy (non-hydrogen) atoms. The van der Waals surface area contributed by atoms with E-state index in [-0.39, 0.29) is 0 Å². The summed E-state index contributed by atoms with van der Waals surface area (Å²) in [6, 6.07) is -3.40. The number of carbonyl (C=O) groups is 1. The molecule has 0 aromatic carbocycles. The van der Waals surface area contributed by atoms with Crippen molar-refractivity contribution in [3.8, 4) is 0 Å². The third kappa shape index (κ3) is 3.11. The van der Waals surface area contributed by atoms with Crippen molar-refractivity contribution >= 4 is 6.04 Å². The minimum atomic E-state index is -5.93. The Bertz CT molecular complexity index is 215. The van der Waals surface area contributed by atoms with Gasteiger partial charge in [-0.2, -0.15) is 30.7 Å². The van der Waals surface area contributed by atoms with Crippen LogP contribution < -0.4 is 0 Å². The number of hydrogen-bond acceptors (Lipinski definition) is 1. The molecule has 0 aliphatic rings. The third-order valence-electron chi connectivity index (χ3n) is 1.20. The van der Waals surface area contributed by atoms with E-state index in [1.54, 1.807) is 0 Å². The summed E-state index contributed by atoms with van der Waals surface area (Å²) in [7, 11) is 0. The van der Waals surface area contributed by atoms with Crippen LogP contribution in [0.5, 0.6) is 0 Å². The Kier molecular flexibility index (Phi) is 3.46. The van der Waals surface area contributed by atoms with Crippen LogP contribution in [0.4, 0.5) is 35.1 Å². The molecule has 9 heteroatoms. The molecule has 0 spiro atoms. The van der Waals surface area contributed by atoms with Crippen molar-refractivity contribution < 1.29 is 39.9 Å². The SMILES string of the molecule is O=C(F)C(C(F)C(F)(F)F)C(F)(F)F. The highest BCUT2D eigenvalue weighted by Gasteiger charge is 2.60. The summed E-state index contributed by atoms with van der Waals surface area (Å²) < 4.78 is 92.4. The van der Waals surface area contributed by atoms with E-state index < -0.39 is 30.5 Å². The standard InChI is InChI=1S/C5H2F8O/c6-2(5(11,12)13)1(3(7)14)4(8,9)10/h1-2H. The van der Waals surface area contributed by atoms with Gasteiger partial charge in [-0.3, -0.25) is 4.79 Å². The van der Waals surface area contributed by atoms with Crippen molar-refractivity contribution in [2.45, 2.75) is 18.5 Å². The monoisotopic (exact) mass is 230 g/mol. The van der Waals surface area contributed by atoms with Crippen molar-refractivity contribution in [2.75, 3.05) is 0 Å². The summed E-state index contributed by atoms with van der Waals surface area (Å²) in [6.45, 7) is 0. The first-order chi connectivity index (χ1) is 5.98. The van der Waals surface area contributed by atoms with E-state index >= 15 is 0 Å². The molecule has 0 bridgehead atoms. The van der Waals surface area contributed by atoms with E-state index in [4.69, 9.17) is 0 Å². The molecule has 0 aromatic rings. The Morgan fingerprint density at radius 2 is 1.29 bits per heavy atom. The molecule has 84 valence electrons. The zero-order valence-electron chi connectivity index (χ0n) is 6.09. The third-order valence-corrected chi connectivity index (χ3v) is 1.20. The van der Waals surface area contributed by atoms with Crippen molar-refractivity contribution in [3.05, 3.63) is 0 Å². The zero-order chi connectivity index (χ0) is 11.7. The van der Waals surface area contributed by atoms with E-state index in [0.29, 0.717) is 0 Å². The fourth-order valence-corrected chi connectivity index (χ4v) is 0.599. The van der Waals surface area contributed by atoms with Gasteiger partial charge in [-0.15, -0.1) is 0 Å². The molecule has 0 saturated heterocycles. The molecular weight excluding hydrogens is 228 g/mol. The van der Waals surface area contributed by atoms with Gasteiger partial charge in [-0.1, -0.05) is 0 Å². The van der Waals surface area contributed by atoms with Crippen LogP contribution in [0, 0.1) is 5.92 Å². The Hall–Kier alpha value is -0.890. The number of hydrogen-bond donors (Lipinski definition) is 0. The molecule has 1 nitrogen and oxygen atoms in total. The molecule has 0 radical (unpaired) electrons. The van der Waals surface area contributed by atoms with E-state index in [9.17, 15) is 39.9 Å². The van der Waals surface area contributed by atoms with Crippen LogP contribution >= 0.6 is 0 Å². The average molecular weight is 230 g/mol. The van der Waals surface area contributed by atoms with Crippen molar-refractivity contribution in [3.63, 3.8) is 0 Å². The van der Waals surface area contributed by atoms with Gasteiger partial charge in [-0.25, -0.2) is 4.39 Å². The van der Waals surface area contributed by atoms with Gasteiger partial charge in [0.05, 0.1) is 0 Å². The first kappa shape index (κ1) is 13.1. The van der Waals surface area contributed by atoms with Gasteiger partial charge in [0.1, 0.15) is 0 Å². The van der Waals surface area contributed by atoms with Gasteiger partial charge >= 0.3 is 18.4 Å². The minimum absolute atomic E-state index is 3.40. The number of halogens is 8. The van der Waals surface area contributed by atoms with E-state index in [1.807, 2.05) is 0 Å². The molecule has 2 atom stereocenters. The predicted octanol–water partition coefficient (Wildman–Crippen LogP) is 2.56. The van der Waals surface area contributed by atoms with Gasteiger partial charge in [0.2, 0.25) is 6.17 Å². The molecule has 0 aromatic heterocycles. The Balaban J connectivity index is 4.96. The second-order valence-electron chi connectivity index (χ2n) is 2.27. The maximum Gasteiger partial charge on any atom is 0.420 e. The molecule has 0 aliphatic carbocycles. The molecule has 2 unspecified atom stereocenters. The molecule has 0 saturated carbocycles. The molecular formula is C5H2F8O. The molecule has 0 aliphatic heterocycles. The molecule has 0 N–H and O–H groups in total. The maximum atomic E-state index is 12.0.